The summed E-state index contributed by atoms with van der Waals surface area (Å²) in [6, 6.07) is 26.6. The van der Waals surface area contributed by atoms with Crippen molar-refractivity contribution in [2.24, 2.45) is 0 Å². The smallest absolute Gasteiger partial charge is 0.251 e. The summed E-state index contributed by atoms with van der Waals surface area (Å²) in [5.41, 5.74) is 2.68. The van der Waals surface area contributed by atoms with E-state index in [1.165, 1.54) is 0 Å². The first kappa shape index (κ1) is 20.1. The Kier molecular flexibility index (Phi) is 7.41. The maximum atomic E-state index is 12.0. The van der Waals surface area contributed by atoms with E-state index in [0.717, 1.165) is 16.9 Å². The van der Waals surface area contributed by atoms with Gasteiger partial charge in [0.05, 0.1) is 0 Å². The zero-order valence-electron chi connectivity index (χ0n) is 16.1. The SMILES string of the molecule is O=C(CCNC(=O)c1ccccc1)NCc1ccc(OCc2ccccc2)cc1. The third-order valence-electron chi connectivity index (χ3n) is 4.33. The molecule has 3 rings (SSSR count). The number of hydrogen-bond donors (Lipinski definition) is 2. The molecule has 0 aliphatic rings. The molecule has 3 aromatic rings. The standard InChI is InChI=1S/C24H24N2O3/c27-23(15-16-25-24(28)21-9-5-2-6-10-21)26-17-19-11-13-22(14-12-19)29-18-20-7-3-1-4-8-20/h1-14H,15-18H2,(H,25,28)(H,26,27). The Morgan fingerprint density at radius 3 is 2.07 bits per heavy atom. The zero-order chi connectivity index (χ0) is 20.3. The van der Waals surface area contributed by atoms with Crippen molar-refractivity contribution >= 4 is 11.8 Å². The molecule has 0 saturated heterocycles. The van der Waals surface area contributed by atoms with E-state index in [9.17, 15) is 9.59 Å². The van der Waals surface area contributed by atoms with Gasteiger partial charge in [0.15, 0.2) is 0 Å². The van der Waals surface area contributed by atoms with Gasteiger partial charge in [-0.1, -0.05) is 60.7 Å². The fourth-order valence-electron chi connectivity index (χ4n) is 2.71. The van der Waals surface area contributed by atoms with E-state index in [0.29, 0.717) is 25.3 Å². The molecule has 0 spiro atoms. The van der Waals surface area contributed by atoms with Crippen molar-refractivity contribution in [2.75, 3.05) is 6.54 Å². The van der Waals surface area contributed by atoms with Gasteiger partial charge < -0.3 is 15.4 Å². The molecule has 0 unspecified atom stereocenters. The summed E-state index contributed by atoms with van der Waals surface area (Å²) >= 11 is 0. The van der Waals surface area contributed by atoms with E-state index in [1.807, 2.05) is 60.7 Å². The van der Waals surface area contributed by atoms with Gasteiger partial charge in [-0.3, -0.25) is 9.59 Å². The summed E-state index contributed by atoms with van der Waals surface area (Å²) in [4.78, 5) is 23.9. The van der Waals surface area contributed by atoms with Gasteiger partial charge >= 0.3 is 0 Å². The van der Waals surface area contributed by atoms with Crippen LogP contribution in [0.2, 0.25) is 0 Å². The summed E-state index contributed by atoms with van der Waals surface area (Å²) in [5, 5.41) is 5.61. The maximum absolute atomic E-state index is 12.0. The Balaban J connectivity index is 1.35. The second kappa shape index (κ2) is 10.7. The molecule has 0 aliphatic carbocycles. The van der Waals surface area contributed by atoms with Crippen LogP contribution in [-0.2, 0) is 17.9 Å². The lowest BCUT2D eigenvalue weighted by Crippen LogP contribution is -2.30. The van der Waals surface area contributed by atoms with Gasteiger partial charge in [0, 0.05) is 25.1 Å². The summed E-state index contributed by atoms with van der Waals surface area (Å²) in [5.74, 6) is 0.500. The van der Waals surface area contributed by atoms with Crippen molar-refractivity contribution in [2.45, 2.75) is 19.6 Å². The van der Waals surface area contributed by atoms with Crippen molar-refractivity contribution in [1.82, 2.24) is 10.6 Å². The second-order valence-electron chi connectivity index (χ2n) is 6.57. The van der Waals surface area contributed by atoms with E-state index in [4.69, 9.17) is 4.74 Å². The van der Waals surface area contributed by atoms with Crippen LogP contribution in [0.5, 0.6) is 5.75 Å². The van der Waals surface area contributed by atoms with E-state index in [-0.39, 0.29) is 18.2 Å². The van der Waals surface area contributed by atoms with Crippen LogP contribution >= 0.6 is 0 Å². The lowest BCUT2D eigenvalue weighted by atomic mass is 10.2. The van der Waals surface area contributed by atoms with Crippen LogP contribution in [0.4, 0.5) is 0 Å². The van der Waals surface area contributed by atoms with Crippen LogP contribution in [-0.4, -0.2) is 18.4 Å². The lowest BCUT2D eigenvalue weighted by molar-refractivity contribution is -0.121. The summed E-state index contributed by atoms with van der Waals surface area (Å²) < 4.78 is 5.76. The van der Waals surface area contributed by atoms with Crippen LogP contribution in [0.15, 0.2) is 84.9 Å². The Bertz CT molecular complexity index is 910. The monoisotopic (exact) mass is 388 g/mol. The molecular formula is C24H24N2O3. The average molecular weight is 388 g/mol. The number of nitrogens with one attached hydrogen (secondary N) is 2. The molecule has 5 nitrogen and oxygen atoms in total. The first-order valence-electron chi connectivity index (χ1n) is 9.56. The number of hydrogen-bond acceptors (Lipinski definition) is 3. The van der Waals surface area contributed by atoms with E-state index >= 15 is 0 Å². The van der Waals surface area contributed by atoms with E-state index < -0.39 is 0 Å². The highest BCUT2D eigenvalue weighted by molar-refractivity contribution is 5.94. The lowest BCUT2D eigenvalue weighted by Gasteiger charge is -2.09. The number of carbonyl (C=O) groups excluding carboxylic acids is 2. The molecule has 0 heterocycles. The average Bonchev–Trinajstić information content (AvgIpc) is 2.78. The van der Waals surface area contributed by atoms with Crippen molar-refractivity contribution < 1.29 is 14.3 Å². The van der Waals surface area contributed by atoms with Crippen LogP contribution in [0, 0.1) is 0 Å². The van der Waals surface area contributed by atoms with Crippen molar-refractivity contribution in [3.8, 4) is 5.75 Å². The van der Waals surface area contributed by atoms with Gasteiger partial charge in [0.1, 0.15) is 12.4 Å². The molecule has 0 fully saturated rings. The minimum Gasteiger partial charge on any atom is -0.489 e. The maximum Gasteiger partial charge on any atom is 0.251 e. The van der Waals surface area contributed by atoms with E-state index in [2.05, 4.69) is 10.6 Å². The van der Waals surface area contributed by atoms with Crippen molar-refractivity contribution in [1.29, 1.82) is 0 Å². The van der Waals surface area contributed by atoms with Gasteiger partial charge in [0.2, 0.25) is 5.91 Å². The van der Waals surface area contributed by atoms with Crippen LogP contribution in [0.1, 0.15) is 27.9 Å². The summed E-state index contributed by atoms with van der Waals surface area (Å²) in [6.45, 7) is 1.25. The zero-order valence-corrected chi connectivity index (χ0v) is 16.1. The molecule has 0 atom stereocenters. The quantitative estimate of drug-likeness (QED) is 0.587. The second-order valence-corrected chi connectivity index (χ2v) is 6.57. The number of ether oxygens (including phenoxy) is 1. The molecular weight excluding hydrogens is 364 g/mol. The Hall–Kier alpha value is -3.60. The van der Waals surface area contributed by atoms with Gasteiger partial charge in [-0.15, -0.1) is 0 Å². The number of carbonyl (C=O) groups is 2. The van der Waals surface area contributed by atoms with Crippen LogP contribution in [0.3, 0.4) is 0 Å². The highest BCUT2D eigenvalue weighted by Crippen LogP contribution is 2.14. The molecule has 2 amide bonds. The molecule has 0 bridgehead atoms. The first-order valence-corrected chi connectivity index (χ1v) is 9.56. The number of amides is 2. The fourth-order valence-corrected chi connectivity index (χ4v) is 2.71. The van der Waals surface area contributed by atoms with Crippen LogP contribution in [0.25, 0.3) is 0 Å². The van der Waals surface area contributed by atoms with Gasteiger partial charge in [0.25, 0.3) is 5.91 Å². The molecule has 5 heteroatoms. The van der Waals surface area contributed by atoms with Crippen molar-refractivity contribution in [3.63, 3.8) is 0 Å². The third kappa shape index (κ3) is 6.81. The third-order valence-corrected chi connectivity index (χ3v) is 4.33. The van der Waals surface area contributed by atoms with Gasteiger partial charge in [-0.2, -0.15) is 0 Å². The highest BCUT2D eigenvalue weighted by atomic mass is 16.5. The first-order chi connectivity index (χ1) is 14.2. The molecule has 0 aromatic heterocycles. The predicted molar refractivity (Wildman–Crippen MR) is 112 cm³/mol. The highest BCUT2D eigenvalue weighted by Gasteiger charge is 2.06. The molecule has 2 N–H and O–H groups in total. The van der Waals surface area contributed by atoms with Crippen molar-refractivity contribution in [3.05, 3.63) is 102 Å². The summed E-state index contributed by atoms with van der Waals surface area (Å²) in [7, 11) is 0. The van der Waals surface area contributed by atoms with Gasteiger partial charge in [-0.05, 0) is 35.4 Å². The van der Waals surface area contributed by atoms with Crippen LogP contribution < -0.4 is 15.4 Å². The molecule has 0 aliphatic heterocycles. The topological polar surface area (TPSA) is 67.4 Å². The fraction of sp³-hybridized carbons (Fsp3) is 0.167. The Morgan fingerprint density at radius 1 is 0.724 bits per heavy atom. The minimum absolute atomic E-state index is 0.109. The molecule has 3 aromatic carbocycles. The molecule has 29 heavy (non-hydrogen) atoms. The van der Waals surface area contributed by atoms with E-state index in [1.54, 1.807) is 24.3 Å². The Labute approximate surface area is 170 Å². The van der Waals surface area contributed by atoms with Gasteiger partial charge in [-0.25, -0.2) is 0 Å². The Morgan fingerprint density at radius 2 is 1.38 bits per heavy atom. The summed E-state index contributed by atoms with van der Waals surface area (Å²) in [6.07, 6.45) is 0.233. The number of rotatable bonds is 9. The molecule has 0 radical (unpaired) electrons. The molecule has 148 valence electrons. The minimum atomic E-state index is -0.176. The predicted octanol–water partition coefficient (Wildman–Crippen LogP) is 3.70. The molecule has 0 saturated carbocycles. The largest absolute Gasteiger partial charge is 0.489 e. The number of benzene rings is 3. The normalized spacial score (nSPS) is 10.2.